The Morgan fingerprint density at radius 2 is 2.19 bits per heavy atom. The number of hydrogen-bond acceptors (Lipinski definition) is 4. The van der Waals surface area contributed by atoms with Gasteiger partial charge in [-0.2, -0.15) is 5.10 Å². The molecule has 0 fully saturated rings. The maximum atomic E-state index is 5.58. The summed E-state index contributed by atoms with van der Waals surface area (Å²) in [6, 6.07) is 6.10. The van der Waals surface area contributed by atoms with Gasteiger partial charge in [0.05, 0.1) is 0 Å². The van der Waals surface area contributed by atoms with Crippen molar-refractivity contribution in [3.05, 3.63) is 47.0 Å². The summed E-state index contributed by atoms with van der Waals surface area (Å²) < 4.78 is 0. The van der Waals surface area contributed by atoms with E-state index in [-0.39, 0.29) is 6.04 Å². The van der Waals surface area contributed by atoms with Crippen LogP contribution in [0, 0.1) is 13.8 Å². The Morgan fingerprint density at radius 3 is 2.81 bits per heavy atom. The van der Waals surface area contributed by atoms with E-state index in [4.69, 9.17) is 5.84 Å². The van der Waals surface area contributed by atoms with Crippen LogP contribution < -0.4 is 11.3 Å². The van der Waals surface area contributed by atoms with Crippen LogP contribution in [0.1, 0.15) is 28.6 Å². The molecule has 2 rings (SSSR count). The minimum Gasteiger partial charge on any atom is -0.270 e. The molecule has 1 heterocycles. The highest BCUT2D eigenvalue weighted by Gasteiger charge is 2.17. The van der Waals surface area contributed by atoms with Crippen molar-refractivity contribution in [1.82, 2.24) is 20.6 Å². The van der Waals surface area contributed by atoms with Crippen molar-refractivity contribution >= 4 is 0 Å². The second kappa shape index (κ2) is 4.42. The standard InChI is InChI=1S/C11H15N5/c1-7-3-4-8(2)9(5-7)10(15-12)11-13-6-14-16-11/h3-6,10,15H,12H2,1-2H3,(H,13,14,16). The number of aromatic nitrogens is 3. The Hall–Kier alpha value is -1.72. The van der Waals surface area contributed by atoms with Crippen molar-refractivity contribution < 1.29 is 0 Å². The molecule has 1 aromatic carbocycles. The van der Waals surface area contributed by atoms with Crippen LogP contribution >= 0.6 is 0 Å². The number of nitrogens with one attached hydrogen (secondary N) is 2. The largest absolute Gasteiger partial charge is 0.270 e. The van der Waals surface area contributed by atoms with E-state index in [2.05, 4.69) is 52.7 Å². The van der Waals surface area contributed by atoms with E-state index in [0.717, 1.165) is 11.4 Å². The summed E-state index contributed by atoms with van der Waals surface area (Å²) in [7, 11) is 0. The lowest BCUT2D eigenvalue weighted by atomic mass is 9.99. The Balaban J connectivity index is 2.44. The van der Waals surface area contributed by atoms with Gasteiger partial charge in [0.2, 0.25) is 0 Å². The molecule has 0 bridgehead atoms. The van der Waals surface area contributed by atoms with E-state index in [1.807, 2.05) is 0 Å². The van der Waals surface area contributed by atoms with Crippen LogP contribution in [-0.2, 0) is 0 Å². The van der Waals surface area contributed by atoms with Gasteiger partial charge < -0.3 is 0 Å². The molecule has 0 aliphatic rings. The molecule has 0 radical (unpaired) electrons. The fourth-order valence-corrected chi connectivity index (χ4v) is 1.74. The molecule has 1 unspecified atom stereocenters. The van der Waals surface area contributed by atoms with E-state index in [1.54, 1.807) is 0 Å². The summed E-state index contributed by atoms with van der Waals surface area (Å²) in [5, 5.41) is 6.67. The third-order valence-electron chi connectivity index (χ3n) is 2.62. The van der Waals surface area contributed by atoms with E-state index >= 15 is 0 Å². The predicted molar refractivity (Wildman–Crippen MR) is 61.5 cm³/mol. The number of benzene rings is 1. The van der Waals surface area contributed by atoms with Gasteiger partial charge in [0.25, 0.3) is 0 Å². The van der Waals surface area contributed by atoms with Crippen molar-refractivity contribution in [2.24, 2.45) is 5.84 Å². The van der Waals surface area contributed by atoms with Crippen LogP contribution in [0.15, 0.2) is 24.5 Å². The van der Waals surface area contributed by atoms with Crippen molar-refractivity contribution in [3.8, 4) is 0 Å². The van der Waals surface area contributed by atoms with Gasteiger partial charge in [-0.15, -0.1) is 0 Å². The molecule has 84 valence electrons. The average Bonchev–Trinajstić information content (AvgIpc) is 2.78. The van der Waals surface area contributed by atoms with Crippen molar-refractivity contribution in [2.75, 3.05) is 0 Å². The smallest absolute Gasteiger partial charge is 0.147 e. The molecular formula is C11H15N5. The molecule has 0 spiro atoms. The number of nitrogens with two attached hydrogens (primary N) is 1. The molecule has 5 nitrogen and oxygen atoms in total. The lowest BCUT2D eigenvalue weighted by Crippen LogP contribution is -2.30. The minimum absolute atomic E-state index is 0.151. The topological polar surface area (TPSA) is 79.6 Å². The summed E-state index contributed by atoms with van der Waals surface area (Å²) >= 11 is 0. The number of aromatic amines is 1. The van der Waals surface area contributed by atoms with E-state index in [9.17, 15) is 0 Å². The van der Waals surface area contributed by atoms with Gasteiger partial charge in [-0.1, -0.05) is 23.8 Å². The molecular weight excluding hydrogens is 202 g/mol. The van der Waals surface area contributed by atoms with Crippen molar-refractivity contribution in [2.45, 2.75) is 19.9 Å². The molecule has 0 aliphatic carbocycles. The van der Waals surface area contributed by atoms with Gasteiger partial charge in [-0.3, -0.25) is 10.9 Å². The second-order valence-electron chi connectivity index (χ2n) is 3.83. The monoisotopic (exact) mass is 217 g/mol. The Labute approximate surface area is 94.1 Å². The Bertz CT molecular complexity index is 463. The first-order chi connectivity index (χ1) is 7.72. The summed E-state index contributed by atoms with van der Waals surface area (Å²) in [6.45, 7) is 4.10. The highest BCUT2D eigenvalue weighted by atomic mass is 15.3. The fraction of sp³-hybridized carbons (Fsp3) is 0.273. The first-order valence-corrected chi connectivity index (χ1v) is 5.11. The number of H-pyrrole nitrogens is 1. The highest BCUT2D eigenvalue weighted by Crippen LogP contribution is 2.22. The number of hydrazine groups is 1. The Morgan fingerprint density at radius 1 is 1.38 bits per heavy atom. The first kappa shape index (κ1) is 10.8. The zero-order valence-electron chi connectivity index (χ0n) is 9.36. The fourth-order valence-electron chi connectivity index (χ4n) is 1.74. The van der Waals surface area contributed by atoms with Gasteiger partial charge >= 0.3 is 0 Å². The molecule has 1 aromatic heterocycles. The molecule has 0 aliphatic heterocycles. The zero-order valence-corrected chi connectivity index (χ0v) is 9.36. The zero-order chi connectivity index (χ0) is 11.5. The van der Waals surface area contributed by atoms with E-state index in [1.165, 1.54) is 17.5 Å². The SMILES string of the molecule is Cc1ccc(C)c(C(NN)c2ncn[nH]2)c1. The van der Waals surface area contributed by atoms with Gasteiger partial charge in [-0.05, 0) is 25.0 Å². The summed E-state index contributed by atoms with van der Waals surface area (Å²) in [4.78, 5) is 4.13. The first-order valence-electron chi connectivity index (χ1n) is 5.11. The Kier molecular flexibility index (Phi) is 2.98. The number of hydrogen-bond donors (Lipinski definition) is 3. The normalized spacial score (nSPS) is 12.7. The average molecular weight is 217 g/mol. The molecule has 4 N–H and O–H groups in total. The van der Waals surface area contributed by atoms with Gasteiger partial charge in [0, 0.05) is 0 Å². The summed E-state index contributed by atoms with van der Waals surface area (Å²) in [6.07, 6.45) is 1.48. The van der Waals surface area contributed by atoms with Crippen molar-refractivity contribution in [3.63, 3.8) is 0 Å². The van der Waals surface area contributed by atoms with E-state index in [0.29, 0.717) is 0 Å². The van der Waals surface area contributed by atoms with Crippen LogP contribution in [-0.4, -0.2) is 15.2 Å². The maximum Gasteiger partial charge on any atom is 0.147 e. The van der Waals surface area contributed by atoms with Crippen LogP contribution in [0.2, 0.25) is 0 Å². The number of nitrogens with zero attached hydrogens (tertiary/aromatic N) is 2. The van der Waals surface area contributed by atoms with Crippen molar-refractivity contribution in [1.29, 1.82) is 0 Å². The van der Waals surface area contributed by atoms with E-state index < -0.39 is 0 Å². The maximum absolute atomic E-state index is 5.58. The highest BCUT2D eigenvalue weighted by molar-refractivity contribution is 5.35. The molecule has 0 amide bonds. The van der Waals surface area contributed by atoms with Gasteiger partial charge in [0.15, 0.2) is 0 Å². The predicted octanol–water partition coefficient (Wildman–Crippen LogP) is 0.974. The van der Waals surface area contributed by atoms with Crippen LogP contribution in [0.5, 0.6) is 0 Å². The molecule has 16 heavy (non-hydrogen) atoms. The lowest BCUT2D eigenvalue weighted by Gasteiger charge is -2.16. The molecule has 5 heteroatoms. The van der Waals surface area contributed by atoms with Crippen LogP contribution in [0.4, 0.5) is 0 Å². The van der Waals surface area contributed by atoms with Crippen LogP contribution in [0.3, 0.4) is 0 Å². The van der Waals surface area contributed by atoms with Gasteiger partial charge in [-0.25, -0.2) is 10.4 Å². The van der Waals surface area contributed by atoms with Gasteiger partial charge in [0.1, 0.15) is 18.2 Å². The third kappa shape index (κ3) is 1.95. The third-order valence-corrected chi connectivity index (χ3v) is 2.62. The molecule has 0 saturated carbocycles. The minimum atomic E-state index is -0.151. The number of aryl methyl sites for hydroxylation is 2. The summed E-state index contributed by atoms with van der Waals surface area (Å²) in [5.74, 6) is 6.30. The van der Waals surface area contributed by atoms with Crippen LogP contribution in [0.25, 0.3) is 0 Å². The lowest BCUT2D eigenvalue weighted by molar-refractivity contribution is 0.601. The molecule has 1 atom stereocenters. The quantitative estimate of drug-likeness (QED) is 0.529. The number of rotatable bonds is 3. The summed E-state index contributed by atoms with van der Waals surface area (Å²) in [5.41, 5.74) is 6.23. The molecule has 2 aromatic rings. The molecule has 0 saturated heterocycles. The second-order valence-corrected chi connectivity index (χ2v) is 3.83.